The molecule has 82 valence electrons. The lowest BCUT2D eigenvalue weighted by Gasteiger charge is -2.22. The second-order valence-corrected chi connectivity index (χ2v) is 3.49. The lowest BCUT2D eigenvalue weighted by molar-refractivity contribution is -0.147. The largest absolute Gasteiger partial charge is 0.376 e. The molecule has 1 aliphatic heterocycles. The molecule has 0 saturated carbocycles. The summed E-state index contributed by atoms with van der Waals surface area (Å²) in [5.74, 6) is -0.106. The van der Waals surface area contributed by atoms with Gasteiger partial charge in [0.25, 0.3) is 5.91 Å². The van der Waals surface area contributed by atoms with Gasteiger partial charge in [0.15, 0.2) is 6.10 Å². The summed E-state index contributed by atoms with van der Waals surface area (Å²) in [6.45, 7) is 3.92. The van der Waals surface area contributed by atoms with Crippen molar-refractivity contribution in [2.24, 2.45) is 5.73 Å². The second-order valence-electron chi connectivity index (χ2n) is 3.49. The number of hydrogen-bond donors (Lipinski definition) is 2. The van der Waals surface area contributed by atoms with Gasteiger partial charge in [-0.2, -0.15) is 0 Å². The summed E-state index contributed by atoms with van der Waals surface area (Å²) in [6, 6.07) is 0.110. The molecular weight excluding hydrogens is 184 g/mol. The number of amides is 1. The summed E-state index contributed by atoms with van der Waals surface area (Å²) in [5, 5.41) is 2.76. The standard InChI is InChI=1S/C9H18N2O3/c1-7(10)2-3-11-9(12)8-6-13-4-5-14-8/h7-8H,2-6,10H2,1H3,(H,11,12). The number of hydrogen-bond acceptors (Lipinski definition) is 4. The molecule has 5 heteroatoms. The maximum atomic E-state index is 11.4. The van der Waals surface area contributed by atoms with Crippen LogP contribution >= 0.6 is 0 Å². The van der Waals surface area contributed by atoms with Gasteiger partial charge in [0, 0.05) is 12.6 Å². The molecule has 0 aliphatic carbocycles. The van der Waals surface area contributed by atoms with Crippen LogP contribution in [0, 0.1) is 0 Å². The van der Waals surface area contributed by atoms with E-state index in [1.54, 1.807) is 0 Å². The van der Waals surface area contributed by atoms with Gasteiger partial charge in [-0.25, -0.2) is 0 Å². The normalized spacial score (nSPS) is 24.3. The molecule has 5 nitrogen and oxygen atoms in total. The zero-order valence-electron chi connectivity index (χ0n) is 8.49. The highest BCUT2D eigenvalue weighted by molar-refractivity contribution is 5.80. The fourth-order valence-corrected chi connectivity index (χ4v) is 1.18. The Hall–Kier alpha value is -0.650. The highest BCUT2D eigenvalue weighted by Gasteiger charge is 2.21. The van der Waals surface area contributed by atoms with Gasteiger partial charge in [-0.3, -0.25) is 4.79 Å². The maximum Gasteiger partial charge on any atom is 0.251 e. The fourth-order valence-electron chi connectivity index (χ4n) is 1.18. The fraction of sp³-hybridized carbons (Fsp3) is 0.889. The molecule has 2 unspecified atom stereocenters. The van der Waals surface area contributed by atoms with Crippen LogP contribution in [0.2, 0.25) is 0 Å². The van der Waals surface area contributed by atoms with Gasteiger partial charge in [0.05, 0.1) is 19.8 Å². The van der Waals surface area contributed by atoms with E-state index in [0.717, 1.165) is 6.42 Å². The van der Waals surface area contributed by atoms with Crippen LogP contribution < -0.4 is 11.1 Å². The highest BCUT2D eigenvalue weighted by atomic mass is 16.6. The van der Waals surface area contributed by atoms with Crippen molar-refractivity contribution in [1.29, 1.82) is 0 Å². The van der Waals surface area contributed by atoms with E-state index in [-0.39, 0.29) is 11.9 Å². The SMILES string of the molecule is CC(N)CCNC(=O)C1COCCO1. The molecule has 0 radical (unpaired) electrons. The Morgan fingerprint density at radius 2 is 2.43 bits per heavy atom. The van der Waals surface area contributed by atoms with Gasteiger partial charge in [-0.15, -0.1) is 0 Å². The molecule has 1 amide bonds. The van der Waals surface area contributed by atoms with E-state index in [2.05, 4.69) is 5.32 Å². The predicted octanol–water partition coefficient (Wildman–Crippen LogP) is -0.745. The molecule has 14 heavy (non-hydrogen) atoms. The minimum Gasteiger partial charge on any atom is -0.376 e. The average molecular weight is 202 g/mol. The summed E-state index contributed by atoms with van der Waals surface area (Å²) in [6.07, 6.45) is 0.330. The molecule has 0 spiro atoms. The lowest BCUT2D eigenvalue weighted by atomic mass is 10.2. The first-order valence-corrected chi connectivity index (χ1v) is 4.93. The van der Waals surface area contributed by atoms with Crippen molar-refractivity contribution in [2.75, 3.05) is 26.4 Å². The summed E-state index contributed by atoms with van der Waals surface area (Å²) < 4.78 is 10.3. The zero-order chi connectivity index (χ0) is 10.4. The van der Waals surface area contributed by atoms with Crippen LogP contribution in [0.3, 0.4) is 0 Å². The molecule has 0 aromatic rings. The Morgan fingerprint density at radius 3 is 3.00 bits per heavy atom. The van der Waals surface area contributed by atoms with E-state index < -0.39 is 6.10 Å². The predicted molar refractivity (Wildman–Crippen MR) is 51.8 cm³/mol. The van der Waals surface area contributed by atoms with E-state index in [4.69, 9.17) is 15.2 Å². The van der Waals surface area contributed by atoms with Crippen LogP contribution in [0.25, 0.3) is 0 Å². The smallest absolute Gasteiger partial charge is 0.251 e. The highest BCUT2D eigenvalue weighted by Crippen LogP contribution is 2.00. The Balaban J connectivity index is 2.13. The van der Waals surface area contributed by atoms with Gasteiger partial charge in [0.1, 0.15) is 0 Å². The minimum absolute atomic E-state index is 0.106. The molecule has 0 aromatic heterocycles. The van der Waals surface area contributed by atoms with Crippen LogP contribution in [0.5, 0.6) is 0 Å². The van der Waals surface area contributed by atoms with Crippen molar-refractivity contribution < 1.29 is 14.3 Å². The molecule has 1 saturated heterocycles. The van der Waals surface area contributed by atoms with Gasteiger partial charge in [-0.05, 0) is 13.3 Å². The molecule has 1 heterocycles. The third kappa shape index (κ3) is 4.04. The zero-order valence-corrected chi connectivity index (χ0v) is 8.49. The summed E-state index contributed by atoms with van der Waals surface area (Å²) >= 11 is 0. The van der Waals surface area contributed by atoms with E-state index >= 15 is 0 Å². The van der Waals surface area contributed by atoms with Crippen molar-refractivity contribution >= 4 is 5.91 Å². The molecule has 1 fully saturated rings. The first-order chi connectivity index (χ1) is 6.70. The Morgan fingerprint density at radius 1 is 1.64 bits per heavy atom. The first-order valence-electron chi connectivity index (χ1n) is 4.93. The molecule has 1 aliphatic rings. The molecule has 0 aromatic carbocycles. The van der Waals surface area contributed by atoms with Crippen molar-refractivity contribution in [3.05, 3.63) is 0 Å². The third-order valence-electron chi connectivity index (χ3n) is 2.01. The molecule has 1 rings (SSSR count). The first kappa shape index (κ1) is 11.4. The van der Waals surface area contributed by atoms with Crippen LogP contribution in [0.15, 0.2) is 0 Å². The van der Waals surface area contributed by atoms with Crippen molar-refractivity contribution in [3.8, 4) is 0 Å². The van der Waals surface area contributed by atoms with Crippen LogP contribution in [0.1, 0.15) is 13.3 Å². The maximum absolute atomic E-state index is 11.4. The van der Waals surface area contributed by atoms with Gasteiger partial charge in [-0.1, -0.05) is 0 Å². The van der Waals surface area contributed by atoms with Crippen LogP contribution in [0.4, 0.5) is 0 Å². The van der Waals surface area contributed by atoms with Crippen LogP contribution in [-0.4, -0.2) is 44.4 Å². The number of carbonyl (C=O) groups excluding carboxylic acids is 1. The number of nitrogens with two attached hydrogens (primary N) is 1. The lowest BCUT2D eigenvalue weighted by Crippen LogP contribution is -2.43. The van der Waals surface area contributed by atoms with Crippen molar-refractivity contribution in [2.45, 2.75) is 25.5 Å². The monoisotopic (exact) mass is 202 g/mol. The summed E-state index contributed by atoms with van der Waals surface area (Å²) in [5.41, 5.74) is 5.55. The van der Waals surface area contributed by atoms with Gasteiger partial charge >= 0.3 is 0 Å². The quantitative estimate of drug-likeness (QED) is 0.629. The number of nitrogens with one attached hydrogen (secondary N) is 1. The molecule has 3 N–H and O–H groups in total. The second kappa shape index (κ2) is 5.95. The van der Waals surface area contributed by atoms with Gasteiger partial charge < -0.3 is 20.5 Å². The Labute approximate surface area is 83.9 Å². The Bertz CT molecular complexity index is 179. The van der Waals surface area contributed by atoms with Crippen molar-refractivity contribution in [3.63, 3.8) is 0 Å². The average Bonchev–Trinajstić information content (AvgIpc) is 2.18. The van der Waals surface area contributed by atoms with E-state index in [9.17, 15) is 4.79 Å². The topological polar surface area (TPSA) is 73.6 Å². The molecule has 0 bridgehead atoms. The summed E-state index contributed by atoms with van der Waals surface area (Å²) in [4.78, 5) is 11.4. The molecular formula is C9H18N2O3. The Kier molecular flexibility index (Phi) is 4.86. The number of ether oxygens (including phenoxy) is 2. The molecule has 2 atom stereocenters. The van der Waals surface area contributed by atoms with Gasteiger partial charge in [0.2, 0.25) is 0 Å². The van der Waals surface area contributed by atoms with E-state index in [1.165, 1.54) is 0 Å². The van der Waals surface area contributed by atoms with Crippen molar-refractivity contribution in [1.82, 2.24) is 5.32 Å². The van der Waals surface area contributed by atoms with Crippen LogP contribution in [-0.2, 0) is 14.3 Å². The minimum atomic E-state index is -0.447. The van der Waals surface area contributed by atoms with E-state index in [0.29, 0.717) is 26.4 Å². The number of carbonyl (C=O) groups is 1. The third-order valence-corrected chi connectivity index (χ3v) is 2.01. The van der Waals surface area contributed by atoms with E-state index in [1.807, 2.05) is 6.92 Å². The number of rotatable bonds is 4. The summed E-state index contributed by atoms with van der Waals surface area (Å²) in [7, 11) is 0.